The molecule has 0 bridgehead atoms. The van der Waals surface area contributed by atoms with Crippen LogP contribution in [-0.2, 0) is 28.7 Å². The number of pyridine rings is 1. The Bertz CT molecular complexity index is 1260. The van der Waals surface area contributed by atoms with Crippen molar-refractivity contribution < 1.29 is 38.2 Å². The molecule has 0 saturated carbocycles. The summed E-state index contributed by atoms with van der Waals surface area (Å²) in [5.41, 5.74) is 0.648. The minimum absolute atomic E-state index is 0.0177. The van der Waals surface area contributed by atoms with Crippen LogP contribution in [0.2, 0.25) is 0 Å². The van der Waals surface area contributed by atoms with Crippen molar-refractivity contribution in [3.05, 3.63) is 54.2 Å². The zero-order valence-corrected chi connectivity index (χ0v) is 29.9. The predicted molar refractivity (Wildman–Crippen MR) is 183 cm³/mol. The first-order valence-electron chi connectivity index (χ1n) is 15.3. The molecule has 1 atom stereocenters. The highest BCUT2D eigenvalue weighted by Gasteiger charge is 2.32. The Morgan fingerprint density at radius 1 is 0.851 bits per heavy atom. The molecule has 0 spiro atoms. The maximum absolute atomic E-state index is 12.1. The van der Waals surface area contributed by atoms with Crippen molar-refractivity contribution in [1.29, 1.82) is 0 Å². The van der Waals surface area contributed by atoms with Crippen LogP contribution in [0.15, 0.2) is 53.7 Å². The van der Waals surface area contributed by atoms with E-state index in [0.29, 0.717) is 55.9 Å². The van der Waals surface area contributed by atoms with E-state index in [2.05, 4.69) is 33.1 Å². The van der Waals surface area contributed by atoms with Gasteiger partial charge in [0.2, 0.25) is 0 Å². The smallest absolute Gasteiger partial charge is 0.335 e. The highest BCUT2D eigenvalue weighted by Crippen LogP contribution is 2.45. The summed E-state index contributed by atoms with van der Waals surface area (Å²) in [5, 5.41) is 1.53. The van der Waals surface area contributed by atoms with Crippen LogP contribution < -0.4 is 4.74 Å². The van der Waals surface area contributed by atoms with E-state index >= 15 is 0 Å². The number of aromatic nitrogens is 1. The molecular formula is C31H44N5O8PS2. The maximum Gasteiger partial charge on any atom is 0.335 e. The van der Waals surface area contributed by atoms with Crippen LogP contribution in [0.4, 0.5) is 0 Å². The fourth-order valence-corrected chi connectivity index (χ4v) is 8.70. The Balaban J connectivity index is 1.41. The van der Waals surface area contributed by atoms with E-state index in [4.69, 9.17) is 19.0 Å². The van der Waals surface area contributed by atoms with E-state index < -0.39 is 26.2 Å². The number of hydroxylamine groups is 2. The van der Waals surface area contributed by atoms with E-state index in [1.165, 1.54) is 6.92 Å². The highest BCUT2D eigenvalue weighted by atomic mass is 33.1. The maximum atomic E-state index is 12.1. The lowest BCUT2D eigenvalue weighted by molar-refractivity contribution is -0.198. The second-order valence-corrected chi connectivity index (χ2v) is 15.5. The van der Waals surface area contributed by atoms with Crippen LogP contribution in [0.3, 0.4) is 0 Å². The second kappa shape index (κ2) is 21.4. The van der Waals surface area contributed by atoms with Crippen molar-refractivity contribution >= 4 is 53.5 Å². The Morgan fingerprint density at radius 3 is 2.11 bits per heavy atom. The van der Waals surface area contributed by atoms with E-state index in [-0.39, 0.29) is 31.7 Å². The number of amides is 2. The molecule has 1 aliphatic heterocycles. The van der Waals surface area contributed by atoms with Gasteiger partial charge in [-0.05, 0) is 75.3 Å². The molecule has 0 radical (unpaired) electrons. The lowest BCUT2D eigenvalue weighted by Gasteiger charge is -2.40. The molecule has 47 heavy (non-hydrogen) atoms. The van der Waals surface area contributed by atoms with Gasteiger partial charge in [0, 0.05) is 50.0 Å². The average molecular weight is 710 g/mol. The minimum atomic E-state index is -0.867. The number of hydrogen-bond acceptors (Lipinski definition) is 14. The third-order valence-corrected chi connectivity index (χ3v) is 11.4. The molecule has 1 aromatic heterocycles. The van der Waals surface area contributed by atoms with Gasteiger partial charge in [0.25, 0.3) is 11.8 Å². The number of likely N-dealkylation sites (N-methyl/N-ethyl adjacent to an activating group) is 2. The molecule has 3 rings (SSSR count). The molecule has 258 valence electrons. The number of carbonyl (C=O) groups is 4. The Kier molecular flexibility index (Phi) is 17.7. The molecule has 1 unspecified atom stereocenters. The van der Waals surface area contributed by atoms with Crippen molar-refractivity contribution in [3.63, 3.8) is 0 Å². The van der Waals surface area contributed by atoms with Gasteiger partial charge in [-0.1, -0.05) is 16.9 Å². The molecule has 2 aromatic rings. The topological polar surface area (TPSA) is 131 Å². The summed E-state index contributed by atoms with van der Waals surface area (Å²) in [4.78, 5) is 56.0. The molecule has 0 N–H and O–H groups in total. The second-order valence-electron chi connectivity index (χ2n) is 10.4. The minimum Gasteiger partial charge on any atom is -0.491 e. The van der Waals surface area contributed by atoms with Gasteiger partial charge in [0.05, 0.1) is 32.8 Å². The average Bonchev–Trinajstić information content (AvgIpc) is 3.37. The largest absolute Gasteiger partial charge is 0.491 e. The fourth-order valence-electron chi connectivity index (χ4n) is 4.28. The molecule has 1 aromatic carbocycles. The van der Waals surface area contributed by atoms with Crippen LogP contribution in [0.25, 0.3) is 0 Å². The summed E-state index contributed by atoms with van der Waals surface area (Å²) >= 11 is 0. The van der Waals surface area contributed by atoms with Crippen LogP contribution in [0, 0.1) is 0 Å². The van der Waals surface area contributed by atoms with Crippen LogP contribution in [0.1, 0.15) is 36.5 Å². The number of hydrogen-bond donors (Lipinski definition) is 0. The van der Waals surface area contributed by atoms with Gasteiger partial charge in [0.1, 0.15) is 25.8 Å². The monoisotopic (exact) mass is 709 g/mol. The third kappa shape index (κ3) is 14.2. The number of imide groups is 1. The van der Waals surface area contributed by atoms with E-state index in [1.807, 2.05) is 25.2 Å². The number of benzene rings is 1. The summed E-state index contributed by atoms with van der Waals surface area (Å²) in [5.74, 6) is -0.0720. The van der Waals surface area contributed by atoms with E-state index in [9.17, 15) is 19.2 Å². The number of ether oxygens (including phenoxy) is 3. The first kappa shape index (κ1) is 38.8. The Hall–Kier alpha value is -2.62. The summed E-state index contributed by atoms with van der Waals surface area (Å²) in [6.07, 6.45) is 1.84. The number of nitrogens with zero attached hydrogens (tertiary/aromatic N) is 5. The Labute approximate surface area is 285 Å². The lowest BCUT2D eigenvalue weighted by Crippen LogP contribution is -2.36. The summed E-state index contributed by atoms with van der Waals surface area (Å²) in [6.45, 7) is 5.56. The number of Topliss-reactive ketones (excluding diaryl/α,β-unsaturated/α-hetero) is 1. The molecule has 1 saturated heterocycles. The van der Waals surface area contributed by atoms with Crippen LogP contribution >= 0.6 is 30.0 Å². The molecule has 16 heteroatoms. The SMILES string of the molecule is CC(=O)c1ccc(OCCOCCN(C)P(N(C)CCOCCC(=O)ON2C(=O)CCC2=O)N(C)CCSSc2ccccn2)cc1. The van der Waals surface area contributed by atoms with Crippen molar-refractivity contribution in [1.82, 2.24) is 24.1 Å². The highest BCUT2D eigenvalue weighted by molar-refractivity contribution is 8.76. The Morgan fingerprint density at radius 2 is 1.49 bits per heavy atom. The van der Waals surface area contributed by atoms with Crippen LogP contribution in [0.5, 0.6) is 5.75 Å². The number of ketones is 1. The zero-order valence-electron chi connectivity index (χ0n) is 27.4. The molecule has 0 aliphatic carbocycles. The summed E-state index contributed by atoms with van der Waals surface area (Å²) in [7, 11) is 8.77. The van der Waals surface area contributed by atoms with Gasteiger partial charge >= 0.3 is 5.97 Å². The van der Waals surface area contributed by atoms with Gasteiger partial charge in [-0.15, -0.1) is 5.06 Å². The fraction of sp³-hybridized carbons (Fsp3) is 0.516. The summed E-state index contributed by atoms with van der Waals surface area (Å²) < 4.78 is 24.1. The van der Waals surface area contributed by atoms with Gasteiger partial charge in [-0.2, -0.15) is 0 Å². The zero-order chi connectivity index (χ0) is 34.0. The lowest BCUT2D eigenvalue weighted by atomic mass is 10.1. The standard InChI is InChI=1S/C31H44N5O8PS2/c1-25(37)26-8-10-27(11-9-26)43-23-22-42-21-17-34(3)45(35(4)18-24-46-47-28-7-5-6-15-32-28)33(2)16-20-41-19-14-31(40)44-36-29(38)12-13-30(36)39/h5-11,15H,12-14,16-24H2,1-4H3. The molecule has 2 amide bonds. The quantitative estimate of drug-likeness (QED) is 0.0538. The van der Waals surface area contributed by atoms with E-state index in [0.717, 1.165) is 17.3 Å². The van der Waals surface area contributed by atoms with Gasteiger partial charge in [-0.25, -0.2) is 9.78 Å². The molecule has 13 nitrogen and oxygen atoms in total. The van der Waals surface area contributed by atoms with Crippen molar-refractivity contribution in [3.8, 4) is 5.75 Å². The van der Waals surface area contributed by atoms with Gasteiger partial charge in [-0.3, -0.25) is 28.4 Å². The van der Waals surface area contributed by atoms with E-state index in [1.54, 1.807) is 52.1 Å². The third-order valence-electron chi connectivity index (χ3n) is 6.72. The summed E-state index contributed by atoms with van der Waals surface area (Å²) in [6, 6.07) is 12.9. The first-order valence-corrected chi connectivity index (χ1v) is 18.8. The molecular weight excluding hydrogens is 665 g/mol. The predicted octanol–water partition coefficient (Wildman–Crippen LogP) is 4.16. The van der Waals surface area contributed by atoms with Crippen molar-refractivity contribution in [2.75, 3.05) is 79.6 Å². The van der Waals surface area contributed by atoms with Crippen LogP contribution in [-0.4, -0.2) is 127 Å². The van der Waals surface area contributed by atoms with Gasteiger partial charge in [0.15, 0.2) is 5.78 Å². The first-order chi connectivity index (χ1) is 22.7. The van der Waals surface area contributed by atoms with Crippen molar-refractivity contribution in [2.24, 2.45) is 0 Å². The normalized spacial score (nSPS) is 14.0. The molecule has 1 fully saturated rings. The van der Waals surface area contributed by atoms with Crippen molar-refractivity contribution in [2.45, 2.75) is 31.2 Å². The molecule has 1 aliphatic rings. The number of carbonyl (C=O) groups excluding carboxylic acids is 4. The number of rotatable bonds is 23. The van der Waals surface area contributed by atoms with Gasteiger partial charge < -0.3 is 19.0 Å². The molecule has 2 heterocycles.